The number of rotatable bonds is 3. The van der Waals surface area contributed by atoms with Crippen molar-refractivity contribution < 1.29 is 4.74 Å². The minimum atomic E-state index is 0.417. The lowest BCUT2D eigenvalue weighted by atomic mass is 10.1. The molecule has 0 aliphatic heterocycles. The van der Waals surface area contributed by atoms with Gasteiger partial charge >= 0.3 is 0 Å². The van der Waals surface area contributed by atoms with E-state index in [1.807, 2.05) is 30.7 Å². The van der Waals surface area contributed by atoms with Crippen LogP contribution in [-0.2, 0) is 13.6 Å². The zero-order chi connectivity index (χ0) is 13.3. The molecule has 2 N–H and O–H groups in total. The van der Waals surface area contributed by atoms with Gasteiger partial charge in [-0.25, -0.2) is 4.98 Å². The highest BCUT2D eigenvalue weighted by Crippen LogP contribution is 2.35. The zero-order valence-electron chi connectivity index (χ0n) is 10.7. The monoisotopic (exact) mass is 265 g/mol. The number of imidazole rings is 1. The van der Waals surface area contributed by atoms with Crippen LogP contribution in [0.1, 0.15) is 11.3 Å². The molecule has 4 nitrogen and oxygen atoms in total. The Kier molecular flexibility index (Phi) is 3.59. The second-order valence-electron chi connectivity index (χ2n) is 4.16. The number of ether oxygens (including phenoxy) is 1. The Morgan fingerprint density at radius 3 is 2.78 bits per heavy atom. The lowest BCUT2D eigenvalue weighted by Gasteiger charge is -2.11. The highest BCUT2D eigenvalue weighted by atomic mass is 35.5. The first-order chi connectivity index (χ1) is 8.58. The van der Waals surface area contributed by atoms with Crippen LogP contribution in [0, 0.1) is 6.92 Å². The summed E-state index contributed by atoms with van der Waals surface area (Å²) < 4.78 is 7.30. The van der Waals surface area contributed by atoms with Crippen LogP contribution in [0.4, 0.5) is 0 Å². The molecule has 18 heavy (non-hydrogen) atoms. The van der Waals surface area contributed by atoms with Crippen molar-refractivity contribution in [3.8, 4) is 17.0 Å². The van der Waals surface area contributed by atoms with Gasteiger partial charge in [-0.1, -0.05) is 11.6 Å². The Hall–Kier alpha value is -1.52. The summed E-state index contributed by atoms with van der Waals surface area (Å²) in [6, 6.07) is 3.78. The fraction of sp³-hybridized carbons (Fsp3) is 0.308. The molecule has 0 saturated heterocycles. The van der Waals surface area contributed by atoms with E-state index in [-0.39, 0.29) is 0 Å². The number of benzene rings is 1. The number of aryl methyl sites for hydroxylation is 2. The highest BCUT2D eigenvalue weighted by Gasteiger charge is 2.15. The summed E-state index contributed by atoms with van der Waals surface area (Å²) in [4.78, 5) is 4.38. The van der Waals surface area contributed by atoms with Gasteiger partial charge in [0, 0.05) is 24.2 Å². The van der Waals surface area contributed by atoms with Crippen molar-refractivity contribution in [1.29, 1.82) is 0 Å². The molecule has 0 bridgehead atoms. The van der Waals surface area contributed by atoms with Crippen molar-refractivity contribution in [2.75, 3.05) is 7.11 Å². The molecule has 96 valence electrons. The molecule has 0 saturated carbocycles. The normalized spacial score (nSPS) is 10.7. The second kappa shape index (κ2) is 5.00. The summed E-state index contributed by atoms with van der Waals surface area (Å²) in [5, 5.41) is 0.694. The molecule has 0 atom stereocenters. The Bertz CT molecular complexity index is 578. The van der Waals surface area contributed by atoms with Gasteiger partial charge in [-0.3, -0.25) is 0 Å². The summed E-state index contributed by atoms with van der Waals surface area (Å²) in [7, 11) is 3.55. The third-order valence-electron chi connectivity index (χ3n) is 2.99. The molecule has 0 fully saturated rings. The molecule has 0 aliphatic rings. The maximum absolute atomic E-state index is 6.17. The van der Waals surface area contributed by atoms with E-state index in [1.54, 1.807) is 13.4 Å². The standard InChI is InChI=1S/C13H16ClN3O/c1-8-4-12(18-3)9(5-10(8)14)13-11(6-15)17(2)7-16-13/h4-5,7H,6,15H2,1-3H3. The van der Waals surface area contributed by atoms with Gasteiger partial charge in [0.2, 0.25) is 0 Å². The molecular formula is C13H16ClN3O. The molecule has 1 heterocycles. The van der Waals surface area contributed by atoms with Crippen LogP contribution in [0.3, 0.4) is 0 Å². The van der Waals surface area contributed by atoms with Gasteiger partial charge in [0.25, 0.3) is 0 Å². The Morgan fingerprint density at radius 1 is 1.44 bits per heavy atom. The summed E-state index contributed by atoms with van der Waals surface area (Å²) in [6.07, 6.45) is 1.74. The second-order valence-corrected chi connectivity index (χ2v) is 4.56. The van der Waals surface area contributed by atoms with Gasteiger partial charge in [0.1, 0.15) is 5.75 Å². The van der Waals surface area contributed by atoms with E-state index in [0.717, 1.165) is 28.3 Å². The van der Waals surface area contributed by atoms with Crippen LogP contribution in [0.2, 0.25) is 5.02 Å². The number of hydrogen-bond donors (Lipinski definition) is 1. The van der Waals surface area contributed by atoms with E-state index in [9.17, 15) is 0 Å². The summed E-state index contributed by atoms with van der Waals surface area (Å²) in [5.41, 5.74) is 9.37. The first kappa shape index (κ1) is 12.9. The fourth-order valence-electron chi connectivity index (χ4n) is 1.93. The predicted octanol–water partition coefficient (Wildman–Crippen LogP) is 2.52. The van der Waals surface area contributed by atoms with Crippen molar-refractivity contribution in [3.63, 3.8) is 0 Å². The molecule has 5 heteroatoms. The Balaban J connectivity index is 2.66. The van der Waals surface area contributed by atoms with E-state index in [4.69, 9.17) is 22.1 Å². The molecule has 1 aromatic carbocycles. The Labute approximate surface area is 111 Å². The van der Waals surface area contributed by atoms with Gasteiger partial charge in [0.15, 0.2) is 0 Å². The minimum Gasteiger partial charge on any atom is -0.496 e. The van der Waals surface area contributed by atoms with Crippen molar-refractivity contribution in [1.82, 2.24) is 9.55 Å². The molecule has 2 aromatic rings. The van der Waals surface area contributed by atoms with Gasteiger partial charge in [0.05, 0.1) is 24.8 Å². The van der Waals surface area contributed by atoms with E-state index in [0.29, 0.717) is 11.6 Å². The maximum atomic E-state index is 6.17. The maximum Gasteiger partial charge on any atom is 0.128 e. The molecule has 0 aliphatic carbocycles. The highest BCUT2D eigenvalue weighted by molar-refractivity contribution is 6.31. The molecule has 0 spiro atoms. The summed E-state index contributed by atoms with van der Waals surface area (Å²) in [5.74, 6) is 0.755. The molecule has 0 unspecified atom stereocenters. The molecular weight excluding hydrogens is 250 g/mol. The Morgan fingerprint density at radius 2 is 2.17 bits per heavy atom. The molecule has 2 rings (SSSR count). The number of halogens is 1. The van der Waals surface area contributed by atoms with Crippen LogP contribution in [0.5, 0.6) is 5.75 Å². The first-order valence-corrected chi connectivity index (χ1v) is 6.01. The third kappa shape index (κ3) is 2.09. The minimum absolute atomic E-state index is 0.417. The van der Waals surface area contributed by atoms with Gasteiger partial charge in [-0.2, -0.15) is 0 Å². The van der Waals surface area contributed by atoms with E-state index in [2.05, 4.69) is 4.98 Å². The van der Waals surface area contributed by atoms with Gasteiger partial charge < -0.3 is 15.0 Å². The number of hydrogen-bond acceptors (Lipinski definition) is 3. The van der Waals surface area contributed by atoms with Crippen molar-refractivity contribution in [3.05, 3.63) is 34.7 Å². The van der Waals surface area contributed by atoms with Crippen LogP contribution >= 0.6 is 11.6 Å². The van der Waals surface area contributed by atoms with E-state index in [1.165, 1.54) is 0 Å². The van der Waals surface area contributed by atoms with Crippen molar-refractivity contribution in [2.24, 2.45) is 12.8 Å². The van der Waals surface area contributed by atoms with Crippen LogP contribution in [-0.4, -0.2) is 16.7 Å². The topological polar surface area (TPSA) is 53.1 Å². The van der Waals surface area contributed by atoms with E-state index < -0.39 is 0 Å². The first-order valence-electron chi connectivity index (χ1n) is 5.63. The van der Waals surface area contributed by atoms with Gasteiger partial charge in [-0.15, -0.1) is 0 Å². The number of nitrogens with zero attached hydrogens (tertiary/aromatic N) is 2. The summed E-state index contributed by atoms with van der Waals surface area (Å²) in [6.45, 7) is 2.36. The number of methoxy groups -OCH3 is 1. The van der Waals surface area contributed by atoms with Gasteiger partial charge in [-0.05, 0) is 24.6 Å². The van der Waals surface area contributed by atoms with Crippen LogP contribution < -0.4 is 10.5 Å². The molecule has 0 radical (unpaired) electrons. The number of aromatic nitrogens is 2. The lowest BCUT2D eigenvalue weighted by Crippen LogP contribution is -2.04. The van der Waals surface area contributed by atoms with Crippen molar-refractivity contribution >= 4 is 11.6 Å². The average Bonchev–Trinajstić information content (AvgIpc) is 2.73. The predicted molar refractivity (Wildman–Crippen MR) is 72.8 cm³/mol. The third-order valence-corrected chi connectivity index (χ3v) is 3.40. The summed E-state index contributed by atoms with van der Waals surface area (Å²) >= 11 is 6.17. The van der Waals surface area contributed by atoms with Crippen LogP contribution in [0.25, 0.3) is 11.3 Å². The zero-order valence-corrected chi connectivity index (χ0v) is 11.5. The van der Waals surface area contributed by atoms with Crippen molar-refractivity contribution in [2.45, 2.75) is 13.5 Å². The quantitative estimate of drug-likeness (QED) is 0.928. The molecule has 1 aromatic heterocycles. The SMILES string of the molecule is COc1cc(C)c(Cl)cc1-c1ncn(C)c1CN. The average molecular weight is 266 g/mol. The fourth-order valence-corrected chi connectivity index (χ4v) is 2.09. The lowest BCUT2D eigenvalue weighted by molar-refractivity contribution is 0.416. The number of nitrogens with two attached hydrogens (primary N) is 1. The smallest absolute Gasteiger partial charge is 0.128 e. The van der Waals surface area contributed by atoms with Crippen LogP contribution in [0.15, 0.2) is 18.5 Å². The molecule has 0 amide bonds. The van der Waals surface area contributed by atoms with E-state index >= 15 is 0 Å². The largest absolute Gasteiger partial charge is 0.496 e.